The van der Waals surface area contributed by atoms with Gasteiger partial charge in [-0.25, -0.2) is 0 Å². The monoisotopic (exact) mass is 263 g/mol. The molecule has 2 atom stereocenters. The van der Waals surface area contributed by atoms with Crippen LogP contribution in [0.2, 0.25) is 0 Å². The van der Waals surface area contributed by atoms with Crippen LogP contribution in [-0.2, 0) is 6.42 Å². The zero-order valence-corrected chi connectivity index (χ0v) is 12.9. The number of likely N-dealkylation sites (N-methyl/N-ethyl adjacent to an activating group) is 1. The van der Waals surface area contributed by atoms with E-state index in [1.165, 1.54) is 12.0 Å². The van der Waals surface area contributed by atoms with Crippen LogP contribution in [0.15, 0.2) is 24.5 Å². The van der Waals surface area contributed by atoms with Crippen molar-refractivity contribution in [2.75, 3.05) is 26.7 Å². The molecule has 3 nitrogen and oxygen atoms in total. The third-order valence-electron chi connectivity index (χ3n) is 3.91. The van der Waals surface area contributed by atoms with E-state index in [0.717, 1.165) is 26.1 Å². The Morgan fingerprint density at radius 2 is 1.95 bits per heavy atom. The molecule has 0 aromatic carbocycles. The number of hydrogen-bond acceptors (Lipinski definition) is 3. The Hall–Kier alpha value is -0.930. The molecule has 0 spiro atoms. The molecule has 0 amide bonds. The minimum Gasteiger partial charge on any atom is -0.316 e. The molecule has 0 bridgehead atoms. The SMILES string of the molecule is CCCNCC(C)C(C)N(C)CCc1ccncc1. The number of hydrogen-bond donors (Lipinski definition) is 1. The van der Waals surface area contributed by atoms with Crippen molar-refractivity contribution in [1.29, 1.82) is 0 Å². The quantitative estimate of drug-likeness (QED) is 0.694. The lowest BCUT2D eigenvalue weighted by Gasteiger charge is -2.30. The fourth-order valence-electron chi connectivity index (χ4n) is 2.17. The Bertz CT molecular complexity index is 326. The number of rotatable bonds is 9. The van der Waals surface area contributed by atoms with Crippen LogP contribution in [0, 0.1) is 5.92 Å². The van der Waals surface area contributed by atoms with Crippen LogP contribution < -0.4 is 5.32 Å². The average Bonchev–Trinajstić information content (AvgIpc) is 2.45. The molecule has 1 N–H and O–H groups in total. The van der Waals surface area contributed by atoms with Crippen molar-refractivity contribution < 1.29 is 0 Å². The maximum atomic E-state index is 4.06. The summed E-state index contributed by atoms with van der Waals surface area (Å²) in [6.07, 6.45) is 6.05. The normalized spacial score (nSPS) is 14.6. The maximum absolute atomic E-state index is 4.06. The zero-order valence-electron chi connectivity index (χ0n) is 12.9. The molecule has 3 heteroatoms. The number of pyridine rings is 1. The second-order valence-corrected chi connectivity index (χ2v) is 5.51. The van der Waals surface area contributed by atoms with Crippen molar-refractivity contribution >= 4 is 0 Å². The van der Waals surface area contributed by atoms with Gasteiger partial charge in [0.15, 0.2) is 0 Å². The topological polar surface area (TPSA) is 28.2 Å². The Labute approximate surface area is 118 Å². The Morgan fingerprint density at radius 1 is 1.26 bits per heavy atom. The Kier molecular flexibility index (Phi) is 7.68. The fourth-order valence-corrected chi connectivity index (χ4v) is 2.17. The first kappa shape index (κ1) is 16.1. The van der Waals surface area contributed by atoms with E-state index < -0.39 is 0 Å². The minimum atomic E-state index is 0.603. The highest BCUT2D eigenvalue weighted by Crippen LogP contribution is 2.09. The number of nitrogens with one attached hydrogen (secondary N) is 1. The molecular formula is C16H29N3. The smallest absolute Gasteiger partial charge is 0.0270 e. The van der Waals surface area contributed by atoms with Crippen molar-refractivity contribution in [2.24, 2.45) is 5.92 Å². The van der Waals surface area contributed by atoms with Gasteiger partial charge in [0.1, 0.15) is 0 Å². The van der Waals surface area contributed by atoms with E-state index in [1.807, 2.05) is 12.4 Å². The van der Waals surface area contributed by atoms with Gasteiger partial charge < -0.3 is 10.2 Å². The third kappa shape index (κ3) is 6.17. The first-order chi connectivity index (χ1) is 9.15. The zero-order chi connectivity index (χ0) is 14.1. The van der Waals surface area contributed by atoms with E-state index in [0.29, 0.717) is 12.0 Å². The highest BCUT2D eigenvalue weighted by atomic mass is 15.1. The lowest BCUT2D eigenvalue weighted by Crippen LogP contribution is -2.40. The molecule has 0 fully saturated rings. The molecule has 0 radical (unpaired) electrons. The van der Waals surface area contributed by atoms with E-state index in [1.54, 1.807) is 0 Å². The van der Waals surface area contributed by atoms with Crippen LogP contribution in [0.3, 0.4) is 0 Å². The van der Waals surface area contributed by atoms with Gasteiger partial charge in [0.05, 0.1) is 0 Å². The van der Waals surface area contributed by atoms with E-state index in [2.05, 4.69) is 55.2 Å². The highest BCUT2D eigenvalue weighted by Gasteiger charge is 2.16. The van der Waals surface area contributed by atoms with E-state index in [4.69, 9.17) is 0 Å². The molecule has 1 aromatic heterocycles. The summed E-state index contributed by atoms with van der Waals surface area (Å²) >= 11 is 0. The molecule has 1 rings (SSSR count). The van der Waals surface area contributed by atoms with Gasteiger partial charge in [-0.1, -0.05) is 13.8 Å². The summed E-state index contributed by atoms with van der Waals surface area (Å²) in [6.45, 7) is 10.2. The number of nitrogens with zero attached hydrogens (tertiary/aromatic N) is 2. The summed E-state index contributed by atoms with van der Waals surface area (Å²) in [5.74, 6) is 0.675. The first-order valence-electron chi connectivity index (χ1n) is 7.45. The van der Waals surface area contributed by atoms with Gasteiger partial charge in [0.25, 0.3) is 0 Å². The molecule has 0 saturated carbocycles. The Balaban J connectivity index is 2.29. The van der Waals surface area contributed by atoms with Crippen LogP contribution in [0.25, 0.3) is 0 Å². The fraction of sp³-hybridized carbons (Fsp3) is 0.688. The van der Waals surface area contributed by atoms with Crippen LogP contribution >= 0.6 is 0 Å². The summed E-state index contributed by atoms with van der Waals surface area (Å²) in [5, 5.41) is 3.51. The van der Waals surface area contributed by atoms with Gasteiger partial charge in [-0.05, 0) is 63.5 Å². The van der Waals surface area contributed by atoms with Gasteiger partial charge in [0.2, 0.25) is 0 Å². The molecule has 0 aliphatic rings. The van der Waals surface area contributed by atoms with Gasteiger partial charge in [-0.3, -0.25) is 4.98 Å². The van der Waals surface area contributed by atoms with Gasteiger partial charge >= 0.3 is 0 Å². The van der Waals surface area contributed by atoms with Crippen LogP contribution in [-0.4, -0.2) is 42.6 Å². The molecular weight excluding hydrogens is 234 g/mol. The van der Waals surface area contributed by atoms with E-state index >= 15 is 0 Å². The van der Waals surface area contributed by atoms with Crippen molar-refractivity contribution in [3.8, 4) is 0 Å². The van der Waals surface area contributed by atoms with Gasteiger partial charge in [-0.15, -0.1) is 0 Å². The molecule has 1 heterocycles. The standard InChI is InChI=1S/C16H29N3/c1-5-9-18-13-14(2)15(3)19(4)12-8-16-6-10-17-11-7-16/h6-7,10-11,14-15,18H,5,8-9,12-13H2,1-4H3. The highest BCUT2D eigenvalue weighted by molar-refractivity contribution is 5.09. The van der Waals surface area contributed by atoms with Crippen molar-refractivity contribution in [3.63, 3.8) is 0 Å². The minimum absolute atomic E-state index is 0.603. The summed E-state index contributed by atoms with van der Waals surface area (Å²) in [6, 6.07) is 4.81. The van der Waals surface area contributed by atoms with E-state index in [9.17, 15) is 0 Å². The first-order valence-corrected chi connectivity index (χ1v) is 7.45. The molecule has 108 valence electrons. The molecule has 2 unspecified atom stereocenters. The van der Waals surface area contributed by atoms with E-state index in [-0.39, 0.29) is 0 Å². The summed E-state index contributed by atoms with van der Waals surface area (Å²) in [7, 11) is 2.22. The molecule has 0 aliphatic carbocycles. The second kappa shape index (κ2) is 9.05. The van der Waals surface area contributed by atoms with Crippen molar-refractivity contribution in [3.05, 3.63) is 30.1 Å². The lowest BCUT2D eigenvalue weighted by atomic mass is 10.0. The van der Waals surface area contributed by atoms with Gasteiger partial charge in [0, 0.05) is 25.0 Å². The van der Waals surface area contributed by atoms with Crippen molar-refractivity contribution in [1.82, 2.24) is 15.2 Å². The van der Waals surface area contributed by atoms with Crippen molar-refractivity contribution in [2.45, 2.75) is 39.7 Å². The second-order valence-electron chi connectivity index (χ2n) is 5.51. The van der Waals surface area contributed by atoms with Crippen LogP contribution in [0.4, 0.5) is 0 Å². The molecule has 1 aromatic rings. The summed E-state index contributed by atoms with van der Waals surface area (Å²) < 4.78 is 0. The number of aromatic nitrogens is 1. The largest absolute Gasteiger partial charge is 0.316 e. The Morgan fingerprint density at radius 3 is 2.58 bits per heavy atom. The summed E-state index contributed by atoms with van der Waals surface area (Å²) in [5.41, 5.74) is 1.37. The van der Waals surface area contributed by atoms with Crippen LogP contribution in [0.1, 0.15) is 32.8 Å². The molecule has 0 aliphatic heterocycles. The van der Waals surface area contributed by atoms with Gasteiger partial charge in [-0.2, -0.15) is 0 Å². The molecule has 19 heavy (non-hydrogen) atoms. The predicted octanol–water partition coefficient (Wildman–Crippen LogP) is 2.58. The summed E-state index contributed by atoms with van der Waals surface area (Å²) in [4.78, 5) is 6.51. The average molecular weight is 263 g/mol. The lowest BCUT2D eigenvalue weighted by molar-refractivity contribution is 0.198. The van der Waals surface area contributed by atoms with Crippen LogP contribution in [0.5, 0.6) is 0 Å². The molecule has 0 saturated heterocycles. The third-order valence-corrected chi connectivity index (χ3v) is 3.91. The predicted molar refractivity (Wildman–Crippen MR) is 82.4 cm³/mol. The maximum Gasteiger partial charge on any atom is 0.0270 e.